The summed E-state index contributed by atoms with van der Waals surface area (Å²) < 4.78 is 0. The highest BCUT2D eigenvalue weighted by Gasteiger charge is 2.23. The molecule has 0 aliphatic carbocycles. The molecule has 1 atom stereocenters. The van der Waals surface area contributed by atoms with Crippen molar-refractivity contribution < 1.29 is 4.79 Å². The van der Waals surface area contributed by atoms with Crippen molar-refractivity contribution in [3.8, 4) is 0 Å². The van der Waals surface area contributed by atoms with Gasteiger partial charge in [0.2, 0.25) is 0 Å². The molecular weight excluding hydrogens is 381 g/mol. The number of hydrogen-bond donors (Lipinski definition) is 2. The number of nitrogens with one attached hydrogen (secondary N) is 1. The molecule has 2 aromatic carbocycles. The molecule has 0 radical (unpaired) electrons. The quantitative estimate of drug-likeness (QED) is 0.758. The number of amides is 1. The van der Waals surface area contributed by atoms with Gasteiger partial charge in [0.1, 0.15) is 0 Å². The van der Waals surface area contributed by atoms with E-state index in [-0.39, 0.29) is 36.8 Å². The smallest absolute Gasteiger partial charge is 0.253 e. The Balaban J connectivity index is 0.00000156. The van der Waals surface area contributed by atoms with Crippen molar-refractivity contribution >= 4 is 53.7 Å². The van der Waals surface area contributed by atoms with E-state index in [0.29, 0.717) is 11.3 Å². The monoisotopic (exact) mass is 401 g/mol. The normalized spacial score (nSPS) is 16.4. The molecule has 1 fully saturated rings. The fourth-order valence-electron chi connectivity index (χ4n) is 2.99. The van der Waals surface area contributed by atoms with Gasteiger partial charge in [-0.05, 0) is 37.1 Å². The summed E-state index contributed by atoms with van der Waals surface area (Å²) in [5, 5.41) is 3.83. The van der Waals surface area contributed by atoms with Gasteiger partial charge in [-0.3, -0.25) is 4.79 Å². The second-order valence-corrected chi connectivity index (χ2v) is 6.20. The molecule has 1 unspecified atom stereocenters. The highest BCUT2D eigenvalue weighted by Crippen LogP contribution is 2.27. The van der Waals surface area contributed by atoms with E-state index in [1.165, 1.54) is 0 Å². The predicted molar refractivity (Wildman–Crippen MR) is 110 cm³/mol. The molecule has 4 nitrogen and oxygen atoms in total. The van der Waals surface area contributed by atoms with E-state index in [1.807, 2.05) is 36.4 Å². The van der Waals surface area contributed by atoms with Gasteiger partial charge in [-0.1, -0.05) is 35.9 Å². The van der Waals surface area contributed by atoms with E-state index in [0.717, 1.165) is 36.6 Å². The first-order valence-corrected chi connectivity index (χ1v) is 8.18. The standard InChI is InChI=1S/C18H20ClN3O.2ClH/c19-15-8-2-4-10-17(15)22-11-5-6-13(12-22)21-18(23)14-7-1-3-9-16(14)20;;/h1-4,7-10,13H,5-6,11-12,20H2,(H,21,23);2*1H. The van der Waals surface area contributed by atoms with Crippen molar-refractivity contribution in [2.24, 2.45) is 0 Å². The average molecular weight is 403 g/mol. The molecule has 0 saturated carbocycles. The molecule has 1 heterocycles. The molecule has 0 spiro atoms. The molecule has 0 bridgehead atoms. The van der Waals surface area contributed by atoms with E-state index >= 15 is 0 Å². The minimum Gasteiger partial charge on any atom is -0.398 e. The van der Waals surface area contributed by atoms with Crippen LogP contribution < -0.4 is 16.0 Å². The molecule has 136 valence electrons. The number of nitrogens with two attached hydrogens (primary N) is 1. The number of anilines is 2. The largest absolute Gasteiger partial charge is 0.398 e. The highest BCUT2D eigenvalue weighted by atomic mass is 35.5. The van der Waals surface area contributed by atoms with Crippen LogP contribution in [0.2, 0.25) is 5.02 Å². The zero-order valence-corrected chi connectivity index (χ0v) is 16.0. The van der Waals surface area contributed by atoms with Crippen molar-refractivity contribution in [3.05, 3.63) is 59.1 Å². The summed E-state index contributed by atoms with van der Waals surface area (Å²) in [5.74, 6) is -0.117. The molecule has 1 amide bonds. The number of carbonyl (C=O) groups is 1. The molecular formula is C18H22Cl3N3O. The summed E-state index contributed by atoms with van der Waals surface area (Å²) in [6, 6.07) is 15.0. The van der Waals surface area contributed by atoms with Crippen LogP contribution in [-0.4, -0.2) is 25.0 Å². The van der Waals surface area contributed by atoms with Gasteiger partial charge in [0, 0.05) is 24.8 Å². The lowest BCUT2D eigenvalue weighted by atomic mass is 10.0. The van der Waals surface area contributed by atoms with Crippen molar-refractivity contribution in [3.63, 3.8) is 0 Å². The Morgan fingerprint density at radius 2 is 1.80 bits per heavy atom. The third kappa shape index (κ3) is 5.18. The SMILES string of the molecule is Cl.Cl.Nc1ccccc1C(=O)NC1CCCN(c2ccccc2Cl)C1. The van der Waals surface area contributed by atoms with Crippen LogP contribution in [0.3, 0.4) is 0 Å². The maximum atomic E-state index is 12.4. The lowest BCUT2D eigenvalue weighted by Gasteiger charge is -2.35. The fraction of sp³-hybridized carbons (Fsp3) is 0.278. The van der Waals surface area contributed by atoms with Crippen molar-refractivity contribution in [2.45, 2.75) is 18.9 Å². The lowest BCUT2D eigenvalue weighted by molar-refractivity contribution is 0.0934. The molecule has 1 saturated heterocycles. The van der Waals surface area contributed by atoms with Crippen LogP contribution >= 0.6 is 36.4 Å². The van der Waals surface area contributed by atoms with Crippen LogP contribution in [0.1, 0.15) is 23.2 Å². The van der Waals surface area contributed by atoms with Crippen molar-refractivity contribution in [1.82, 2.24) is 5.32 Å². The maximum Gasteiger partial charge on any atom is 0.253 e. The number of piperidine rings is 1. The van der Waals surface area contributed by atoms with E-state index < -0.39 is 0 Å². The molecule has 2 aromatic rings. The van der Waals surface area contributed by atoms with E-state index in [4.69, 9.17) is 17.3 Å². The lowest BCUT2D eigenvalue weighted by Crippen LogP contribution is -2.48. The zero-order chi connectivity index (χ0) is 16.2. The molecule has 25 heavy (non-hydrogen) atoms. The third-order valence-electron chi connectivity index (χ3n) is 4.16. The number of carbonyl (C=O) groups excluding carboxylic acids is 1. The third-order valence-corrected chi connectivity index (χ3v) is 4.47. The van der Waals surface area contributed by atoms with Gasteiger partial charge < -0.3 is 16.0 Å². The van der Waals surface area contributed by atoms with Crippen molar-refractivity contribution in [1.29, 1.82) is 0 Å². The van der Waals surface area contributed by atoms with Gasteiger partial charge in [0.15, 0.2) is 0 Å². The molecule has 0 aromatic heterocycles. The molecule has 7 heteroatoms. The second kappa shape index (κ2) is 9.76. The second-order valence-electron chi connectivity index (χ2n) is 5.80. The number of hydrogen-bond acceptors (Lipinski definition) is 3. The number of benzene rings is 2. The number of para-hydroxylation sites is 2. The van der Waals surface area contributed by atoms with Crippen LogP contribution in [0.4, 0.5) is 11.4 Å². The highest BCUT2D eigenvalue weighted by molar-refractivity contribution is 6.33. The summed E-state index contributed by atoms with van der Waals surface area (Å²) >= 11 is 6.28. The van der Waals surface area contributed by atoms with Crippen LogP contribution in [0, 0.1) is 0 Å². The van der Waals surface area contributed by atoms with Crippen LogP contribution in [0.15, 0.2) is 48.5 Å². The van der Waals surface area contributed by atoms with Crippen LogP contribution in [0.25, 0.3) is 0 Å². The number of nitrogen functional groups attached to an aromatic ring is 1. The summed E-state index contributed by atoms with van der Waals surface area (Å²) in [6.07, 6.45) is 1.97. The Labute approximate surface area is 165 Å². The minimum atomic E-state index is -0.117. The molecule has 1 aliphatic heterocycles. The summed E-state index contributed by atoms with van der Waals surface area (Å²) in [6.45, 7) is 1.70. The topological polar surface area (TPSA) is 58.4 Å². The molecule has 3 N–H and O–H groups in total. The summed E-state index contributed by atoms with van der Waals surface area (Å²) in [5.41, 5.74) is 7.93. The molecule has 1 aliphatic rings. The Hall–Kier alpha value is -1.62. The summed E-state index contributed by atoms with van der Waals surface area (Å²) in [7, 11) is 0. The van der Waals surface area contributed by atoms with Gasteiger partial charge >= 0.3 is 0 Å². The Kier molecular flexibility index (Phi) is 8.36. The Morgan fingerprint density at radius 3 is 2.52 bits per heavy atom. The van der Waals surface area contributed by atoms with Crippen LogP contribution in [-0.2, 0) is 0 Å². The van der Waals surface area contributed by atoms with Gasteiger partial charge in [0.05, 0.1) is 16.3 Å². The predicted octanol–water partition coefficient (Wildman–Crippen LogP) is 4.16. The summed E-state index contributed by atoms with van der Waals surface area (Å²) in [4.78, 5) is 14.6. The average Bonchev–Trinajstić information content (AvgIpc) is 2.56. The van der Waals surface area contributed by atoms with Crippen molar-refractivity contribution in [2.75, 3.05) is 23.7 Å². The van der Waals surface area contributed by atoms with Gasteiger partial charge in [-0.25, -0.2) is 0 Å². The Morgan fingerprint density at radius 1 is 1.12 bits per heavy atom. The molecule has 3 rings (SSSR count). The zero-order valence-electron chi connectivity index (χ0n) is 13.7. The minimum absolute atomic E-state index is 0. The fourth-order valence-corrected chi connectivity index (χ4v) is 3.24. The van der Waals surface area contributed by atoms with E-state index in [1.54, 1.807) is 12.1 Å². The van der Waals surface area contributed by atoms with E-state index in [2.05, 4.69) is 10.2 Å². The number of nitrogens with zero attached hydrogens (tertiary/aromatic N) is 1. The maximum absolute atomic E-state index is 12.4. The van der Waals surface area contributed by atoms with Gasteiger partial charge in [0.25, 0.3) is 5.91 Å². The first kappa shape index (κ1) is 21.4. The number of rotatable bonds is 3. The first-order chi connectivity index (χ1) is 11.1. The van der Waals surface area contributed by atoms with E-state index in [9.17, 15) is 4.79 Å². The number of halogens is 3. The van der Waals surface area contributed by atoms with Crippen LogP contribution in [0.5, 0.6) is 0 Å². The van der Waals surface area contributed by atoms with Gasteiger partial charge in [-0.15, -0.1) is 24.8 Å². The first-order valence-electron chi connectivity index (χ1n) is 7.80. The van der Waals surface area contributed by atoms with Gasteiger partial charge in [-0.2, -0.15) is 0 Å². The Bertz CT molecular complexity index is 711.